The third-order valence-corrected chi connectivity index (χ3v) is 9.11. The molecule has 234 valence electrons. The van der Waals surface area contributed by atoms with Crippen LogP contribution in [0.15, 0.2) is 96.2 Å². The Labute approximate surface area is 270 Å². The first-order chi connectivity index (χ1) is 22.5. The van der Waals surface area contributed by atoms with E-state index in [2.05, 4.69) is 52.7 Å². The van der Waals surface area contributed by atoms with Crippen molar-refractivity contribution in [3.8, 4) is 22.8 Å². The van der Waals surface area contributed by atoms with Crippen LogP contribution in [-0.4, -0.2) is 64.1 Å². The van der Waals surface area contributed by atoms with Crippen molar-refractivity contribution in [2.45, 2.75) is 24.7 Å². The molecule has 1 atom stereocenters. The number of fused-ring (bicyclic) bond motifs is 2. The van der Waals surface area contributed by atoms with E-state index in [1.165, 1.54) is 0 Å². The molecule has 7 rings (SSSR count). The molecule has 0 aliphatic carbocycles. The number of carbonyl (C=O) groups is 1. The zero-order valence-electron chi connectivity index (χ0n) is 25.6. The first-order valence-corrected chi connectivity index (χ1v) is 17.0. The summed E-state index contributed by atoms with van der Waals surface area (Å²) in [5, 5.41) is 5.78. The first-order valence-electron chi connectivity index (χ1n) is 15.5. The molecule has 2 aliphatic heterocycles. The molecule has 1 saturated heterocycles. The van der Waals surface area contributed by atoms with Crippen molar-refractivity contribution in [3.05, 3.63) is 108 Å². The Morgan fingerprint density at radius 1 is 0.891 bits per heavy atom. The highest BCUT2D eigenvalue weighted by Gasteiger charge is 2.26. The highest BCUT2D eigenvalue weighted by atomic mass is 32.2. The molecule has 2 aliphatic rings. The van der Waals surface area contributed by atoms with Gasteiger partial charge in [-0.2, -0.15) is 0 Å². The molecule has 0 saturated carbocycles. The minimum atomic E-state index is -1.37. The van der Waals surface area contributed by atoms with E-state index in [0.29, 0.717) is 43.6 Å². The number of aromatic nitrogens is 2. The van der Waals surface area contributed by atoms with Crippen LogP contribution in [0, 0.1) is 0 Å². The highest BCUT2D eigenvalue weighted by Crippen LogP contribution is 2.37. The van der Waals surface area contributed by atoms with Crippen molar-refractivity contribution in [3.63, 3.8) is 0 Å². The lowest BCUT2D eigenvalue weighted by Gasteiger charge is -2.32. The van der Waals surface area contributed by atoms with Gasteiger partial charge in [-0.25, -0.2) is 14.8 Å². The first kappa shape index (κ1) is 29.9. The number of nitrogens with one attached hydrogen (secondary N) is 1. The lowest BCUT2D eigenvalue weighted by Crippen LogP contribution is -2.47. The Bertz CT molecular complexity index is 1900. The quantitative estimate of drug-likeness (QED) is 0.232. The molecule has 0 bridgehead atoms. The molecule has 1 N–H and O–H groups in total. The minimum Gasteiger partial charge on any atom is -0.489 e. The van der Waals surface area contributed by atoms with Crippen LogP contribution >= 0.6 is 0 Å². The average molecular weight is 634 g/mol. The second-order valence-electron chi connectivity index (χ2n) is 11.5. The predicted molar refractivity (Wildman–Crippen MR) is 180 cm³/mol. The SMILES string of the molecule is CS(=O)c1nc2c(c(-c3ccc(OC(=O)N4CCNCC4)cc3)n1)CCN(c1cc(OCc3ccccc3)cc3ccccc13)C2. The van der Waals surface area contributed by atoms with Gasteiger partial charge in [0.15, 0.2) is 0 Å². The molecule has 1 unspecified atom stereocenters. The maximum Gasteiger partial charge on any atom is 0.415 e. The monoisotopic (exact) mass is 633 g/mol. The molecule has 10 heteroatoms. The number of piperazine rings is 1. The summed E-state index contributed by atoms with van der Waals surface area (Å²) in [6, 6.07) is 30.1. The minimum absolute atomic E-state index is 0.301. The topological polar surface area (TPSA) is 96.9 Å². The molecular weight excluding hydrogens is 598 g/mol. The average Bonchev–Trinajstić information content (AvgIpc) is 3.10. The van der Waals surface area contributed by atoms with E-state index in [-0.39, 0.29) is 6.09 Å². The lowest BCUT2D eigenvalue weighted by atomic mass is 9.97. The maximum absolute atomic E-state index is 12.7. The summed E-state index contributed by atoms with van der Waals surface area (Å²) in [5.41, 5.74) is 5.70. The summed E-state index contributed by atoms with van der Waals surface area (Å²) in [6.45, 7) is 4.55. The third kappa shape index (κ3) is 6.45. The predicted octanol–water partition coefficient (Wildman–Crippen LogP) is 5.58. The zero-order chi connectivity index (χ0) is 31.5. The van der Waals surface area contributed by atoms with E-state index in [1.54, 1.807) is 23.3 Å². The summed E-state index contributed by atoms with van der Waals surface area (Å²) in [7, 11) is -1.37. The number of nitrogens with zero attached hydrogens (tertiary/aromatic N) is 4. The number of carbonyl (C=O) groups excluding carboxylic acids is 1. The van der Waals surface area contributed by atoms with Crippen LogP contribution in [0.2, 0.25) is 0 Å². The Balaban J connectivity index is 1.17. The molecular formula is C36H35N5O4S. The van der Waals surface area contributed by atoms with Gasteiger partial charge in [0.05, 0.1) is 28.7 Å². The second kappa shape index (κ2) is 13.3. The highest BCUT2D eigenvalue weighted by molar-refractivity contribution is 7.84. The van der Waals surface area contributed by atoms with Crippen molar-refractivity contribution in [1.29, 1.82) is 0 Å². The number of hydrogen-bond acceptors (Lipinski definition) is 8. The molecule has 1 amide bonds. The maximum atomic E-state index is 12.7. The fourth-order valence-corrected chi connectivity index (χ4v) is 6.48. The Morgan fingerprint density at radius 3 is 2.43 bits per heavy atom. The van der Waals surface area contributed by atoms with Gasteiger partial charge < -0.3 is 24.6 Å². The van der Waals surface area contributed by atoms with Gasteiger partial charge in [0.2, 0.25) is 5.16 Å². The lowest BCUT2D eigenvalue weighted by molar-refractivity contribution is 0.146. The molecule has 9 nitrogen and oxygen atoms in total. The van der Waals surface area contributed by atoms with Crippen LogP contribution in [0.1, 0.15) is 16.8 Å². The molecule has 1 aromatic heterocycles. The fraction of sp³-hybridized carbons (Fsp3) is 0.250. The van der Waals surface area contributed by atoms with Gasteiger partial charge in [-0.3, -0.25) is 4.21 Å². The number of anilines is 1. The summed E-state index contributed by atoms with van der Waals surface area (Å²) >= 11 is 0. The van der Waals surface area contributed by atoms with Crippen molar-refractivity contribution in [2.75, 3.05) is 43.9 Å². The molecule has 0 radical (unpaired) electrons. The number of amides is 1. The van der Waals surface area contributed by atoms with Gasteiger partial charge in [-0.15, -0.1) is 0 Å². The standard InChI is InChI=1S/C36H35N5O4S/c1-46(43)35-38-32-23-41(33-22-29(21-27-9-5-6-10-30(27)33)44-24-25-7-3-2-4-8-25)18-15-31(32)34(39-35)26-11-13-28(14-12-26)45-36(42)40-19-16-37-17-20-40/h2-14,21-22,37H,15-20,23-24H2,1H3. The number of ether oxygens (including phenoxy) is 2. The molecule has 1 fully saturated rings. The smallest absolute Gasteiger partial charge is 0.415 e. The summed E-state index contributed by atoms with van der Waals surface area (Å²) < 4.78 is 24.6. The molecule has 46 heavy (non-hydrogen) atoms. The fourth-order valence-electron chi connectivity index (χ4n) is 6.02. The van der Waals surface area contributed by atoms with Crippen molar-refractivity contribution >= 4 is 33.4 Å². The Hall–Kier alpha value is -4.80. The van der Waals surface area contributed by atoms with Gasteiger partial charge in [-0.1, -0.05) is 54.6 Å². The van der Waals surface area contributed by atoms with E-state index < -0.39 is 10.8 Å². The van der Waals surface area contributed by atoms with Gasteiger partial charge in [0.1, 0.15) is 18.1 Å². The second-order valence-corrected chi connectivity index (χ2v) is 12.7. The Morgan fingerprint density at radius 2 is 1.65 bits per heavy atom. The van der Waals surface area contributed by atoms with Crippen LogP contribution in [0.5, 0.6) is 11.5 Å². The molecule has 0 spiro atoms. The largest absolute Gasteiger partial charge is 0.489 e. The van der Waals surface area contributed by atoms with Crippen molar-refractivity contribution < 1.29 is 18.5 Å². The van der Waals surface area contributed by atoms with Crippen LogP contribution < -0.4 is 19.7 Å². The number of hydrogen-bond donors (Lipinski definition) is 1. The Kier molecular flexibility index (Phi) is 8.63. The summed E-state index contributed by atoms with van der Waals surface area (Å²) in [5.74, 6) is 1.28. The van der Waals surface area contributed by atoms with Crippen LogP contribution in [0.3, 0.4) is 0 Å². The van der Waals surface area contributed by atoms with Gasteiger partial charge in [0.25, 0.3) is 0 Å². The van der Waals surface area contributed by atoms with E-state index >= 15 is 0 Å². The van der Waals surface area contributed by atoms with Crippen LogP contribution in [0.4, 0.5) is 10.5 Å². The van der Waals surface area contributed by atoms with Crippen LogP contribution in [-0.2, 0) is 30.4 Å². The summed E-state index contributed by atoms with van der Waals surface area (Å²) in [4.78, 5) is 26.2. The molecule has 5 aromatic rings. The van der Waals surface area contributed by atoms with E-state index in [1.807, 2.05) is 36.4 Å². The van der Waals surface area contributed by atoms with Gasteiger partial charge >= 0.3 is 6.09 Å². The van der Waals surface area contributed by atoms with E-state index in [4.69, 9.17) is 19.4 Å². The van der Waals surface area contributed by atoms with Crippen LogP contribution in [0.25, 0.3) is 22.0 Å². The molecule has 4 aromatic carbocycles. The van der Waals surface area contributed by atoms with Gasteiger partial charge in [0, 0.05) is 67.2 Å². The van der Waals surface area contributed by atoms with Crippen molar-refractivity contribution in [2.24, 2.45) is 0 Å². The van der Waals surface area contributed by atoms with E-state index in [0.717, 1.165) is 69.9 Å². The zero-order valence-corrected chi connectivity index (χ0v) is 26.5. The van der Waals surface area contributed by atoms with Crippen molar-refractivity contribution in [1.82, 2.24) is 20.2 Å². The molecule has 3 heterocycles. The number of rotatable bonds is 7. The summed E-state index contributed by atoms with van der Waals surface area (Å²) in [6.07, 6.45) is 1.97. The normalized spacial score (nSPS) is 15.3. The van der Waals surface area contributed by atoms with E-state index in [9.17, 15) is 9.00 Å². The third-order valence-electron chi connectivity index (χ3n) is 8.41. The number of benzene rings is 4. The van der Waals surface area contributed by atoms with Gasteiger partial charge in [-0.05, 0) is 47.7 Å².